The van der Waals surface area contributed by atoms with Crippen LogP contribution in [0.25, 0.3) is 0 Å². The Morgan fingerprint density at radius 2 is 1.96 bits per heavy atom. The van der Waals surface area contributed by atoms with Crippen molar-refractivity contribution in [2.75, 3.05) is 5.32 Å². The summed E-state index contributed by atoms with van der Waals surface area (Å²) in [7, 11) is 0. The van der Waals surface area contributed by atoms with Gasteiger partial charge < -0.3 is 10.6 Å². The van der Waals surface area contributed by atoms with Crippen LogP contribution >= 0.6 is 11.6 Å². The molecular formula is C16H12ClF3N6O. The number of carbonyl (C=O) groups is 1. The molecule has 1 heterocycles. The van der Waals surface area contributed by atoms with Crippen molar-refractivity contribution in [2.45, 2.75) is 12.3 Å². The highest BCUT2D eigenvalue weighted by Crippen LogP contribution is 2.22. The number of anilines is 1. The summed E-state index contributed by atoms with van der Waals surface area (Å²) in [6.45, 7) is 0. The fourth-order valence-electron chi connectivity index (χ4n) is 1.85. The Morgan fingerprint density at radius 3 is 2.52 bits per heavy atom. The van der Waals surface area contributed by atoms with E-state index in [4.69, 9.17) is 16.9 Å². The number of aliphatic imine (C=N–C) groups is 1. The van der Waals surface area contributed by atoms with Gasteiger partial charge in [0.05, 0.1) is 11.9 Å². The van der Waals surface area contributed by atoms with Gasteiger partial charge in [-0.1, -0.05) is 11.6 Å². The van der Waals surface area contributed by atoms with Gasteiger partial charge in [-0.15, -0.1) is 0 Å². The summed E-state index contributed by atoms with van der Waals surface area (Å²) in [5.41, 5.74) is 0.266. The standard InChI is InChI=1S/C16H12ClF3N6O/c17-11-5-3-10(4-6-11)13(27)25-14(16(18,19)20)26-15(23-9-21)24-12-2-1-7-22-8-12/h1-8,14H,(H,25,27)(H2,23,24,26). The van der Waals surface area contributed by atoms with E-state index >= 15 is 0 Å². The lowest BCUT2D eigenvalue weighted by Crippen LogP contribution is -2.46. The summed E-state index contributed by atoms with van der Waals surface area (Å²) in [5.74, 6) is -1.51. The van der Waals surface area contributed by atoms with E-state index in [-0.39, 0.29) is 5.56 Å². The second-order valence-electron chi connectivity index (χ2n) is 5.01. The van der Waals surface area contributed by atoms with Crippen LogP contribution in [0.1, 0.15) is 10.4 Å². The van der Waals surface area contributed by atoms with E-state index in [1.807, 2.05) is 5.32 Å². The number of nitrogens with one attached hydrogen (secondary N) is 3. The van der Waals surface area contributed by atoms with Gasteiger partial charge in [-0.2, -0.15) is 18.4 Å². The maximum atomic E-state index is 13.3. The van der Waals surface area contributed by atoms with Crippen molar-refractivity contribution in [1.82, 2.24) is 15.6 Å². The first-order chi connectivity index (χ1) is 12.8. The second-order valence-corrected chi connectivity index (χ2v) is 5.44. The van der Waals surface area contributed by atoms with Crippen molar-refractivity contribution in [1.29, 1.82) is 5.26 Å². The number of rotatable bonds is 4. The number of nitriles is 1. The van der Waals surface area contributed by atoms with Crippen LogP contribution < -0.4 is 16.0 Å². The predicted molar refractivity (Wildman–Crippen MR) is 92.8 cm³/mol. The molecular weight excluding hydrogens is 385 g/mol. The Kier molecular flexibility index (Phi) is 6.56. The topological polar surface area (TPSA) is 102 Å². The average Bonchev–Trinajstić information content (AvgIpc) is 2.62. The summed E-state index contributed by atoms with van der Waals surface area (Å²) >= 11 is 5.69. The maximum absolute atomic E-state index is 13.3. The van der Waals surface area contributed by atoms with Crippen molar-refractivity contribution in [3.63, 3.8) is 0 Å². The van der Waals surface area contributed by atoms with E-state index in [9.17, 15) is 18.0 Å². The van der Waals surface area contributed by atoms with Crippen molar-refractivity contribution in [3.05, 3.63) is 59.4 Å². The lowest BCUT2D eigenvalue weighted by Gasteiger charge is -2.19. The van der Waals surface area contributed by atoms with E-state index in [1.54, 1.807) is 5.32 Å². The lowest BCUT2D eigenvalue weighted by molar-refractivity contribution is -0.151. The first-order valence-electron chi connectivity index (χ1n) is 7.32. The van der Waals surface area contributed by atoms with E-state index in [0.717, 1.165) is 0 Å². The molecule has 0 fully saturated rings. The first-order valence-corrected chi connectivity index (χ1v) is 7.70. The molecule has 0 spiro atoms. The normalized spacial score (nSPS) is 12.6. The maximum Gasteiger partial charge on any atom is 0.429 e. The van der Waals surface area contributed by atoms with Crippen LogP contribution in [-0.2, 0) is 0 Å². The largest absolute Gasteiger partial charge is 0.429 e. The molecule has 7 nitrogen and oxygen atoms in total. The Balaban J connectivity index is 2.25. The van der Waals surface area contributed by atoms with E-state index < -0.39 is 24.2 Å². The predicted octanol–water partition coefficient (Wildman–Crippen LogP) is 2.89. The Hall–Kier alpha value is -3.32. The number of benzene rings is 1. The molecule has 27 heavy (non-hydrogen) atoms. The SMILES string of the molecule is N#CN/C(=N\C(NC(=O)c1ccc(Cl)cc1)C(F)(F)F)Nc1cccnc1. The molecule has 1 aromatic heterocycles. The Morgan fingerprint density at radius 1 is 1.26 bits per heavy atom. The van der Waals surface area contributed by atoms with Crippen molar-refractivity contribution < 1.29 is 18.0 Å². The molecule has 3 N–H and O–H groups in total. The van der Waals surface area contributed by atoms with Crippen molar-refractivity contribution in [3.8, 4) is 6.19 Å². The minimum atomic E-state index is -4.90. The molecule has 0 aliphatic carbocycles. The van der Waals surface area contributed by atoms with Gasteiger partial charge in [-0.25, -0.2) is 4.99 Å². The molecule has 1 amide bonds. The van der Waals surface area contributed by atoms with Gasteiger partial charge in [-0.05, 0) is 36.4 Å². The number of guanidine groups is 1. The molecule has 1 unspecified atom stereocenters. The zero-order valence-electron chi connectivity index (χ0n) is 13.5. The third-order valence-corrected chi connectivity index (χ3v) is 3.29. The highest BCUT2D eigenvalue weighted by molar-refractivity contribution is 6.30. The average molecular weight is 397 g/mol. The molecule has 0 saturated heterocycles. The van der Waals surface area contributed by atoms with Crippen LogP contribution in [0.5, 0.6) is 0 Å². The van der Waals surface area contributed by atoms with Crippen LogP contribution in [0.15, 0.2) is 53.8 Å². The second kappa shape index (κ2) is 8.86. The van der Waals surface area contributed by atoms with Gasteiger partial charge in [0.2, 0.25) is 12.1 Å². The number of halogens is 4. The zero-order chi connectivity index (χ0) is 19.9. The fraction of sp³-hybridized carbons (Fsp3) is 0.125. The summed E-state index contributed by atoms with van der Waals surface area (Å²) in [5, 5.41) is 15.3. The summed E-state index contributed by atoms with van der Waals surface area (Å²) in [4.78, 5) is 19.2. The molecule has 140 valence electrons. The molecule has 0 bridgehead atoms. The minimum Gasteiger partial charge on any atom is -0.324 e. The number of aromatic nitrogens is 1. The lowest BCUT2D eigenvalue weighted by atomic mass is 10.2. The van der Waals surface area contributed by atoms with E-state index in [2.05, 4.69) is 15.3 Å². The first kappa shape index (κ1) is 20.0. The van der Waals surface area contributed by atoms with Gasteiger partial charge in [0, 0.05) is 16.8 Å². The molecule has 1 atom stereocenters. The Labute approximate surface area is 156 Å². The van der Waals surface area contributed by atoms with Crippen LogP contribution in [0.3, 0.4) is 0 Å². The highest BCUT2D eigenvalue weighted by atomic mass is 35.5. The summed E-state index contributed by atoms with van der Waals surface area (Å²) in [6.07, 6.45) is -3.23. The summed E-state index contributed by atoms with van der Waals surface area (Å²) in [6, 6.07) is 8.34. The van der Waals surface area contributed by atoms with Gasteiger partial charge in [0.25, 0.3) is 5.91 Å². The third kappa shape index (κ3) is 6.16. The molecule has 2 aromatic rings. The molecule has 1 aromatic carbocycles. The number of nitrogens with zero attached hydrogens (tertiary/aromatic N) is 3. The Bertz CT molecular complexity index is 849. The number of hydrogen-bond acceptors (Lipinski definition) is 4. The smallest absolute Gasteiger partial charge is 0.324 e. The van der Waals surface area contributed by atoms with E-state index in [0.29, 0.717) is 10.7 Å². The molecule has 2 rings (SSSR count). The van der Waals surface area contributed by atoms with Crippen LogP contribution in [0.2, 0.25) is 5.02 Å². The molecule has 11 heteroatoms. The molecule has 0 aliphatic heterocycles. The quantitative estimate of drug-likeness (QED) is 0.319. The highest BCUT2D eigenvalue weighted by Gasteiger charge is 2.41. The van der Waals surface area contributed by atoms with Crippen molar-refractivity contribution in [2.24, 2.45) is 4.99 Å². The van der Waals surface area contributed by atoms with Crippen LogP contribution in [0, 0.1) is 11.5 Å². The fourth-order valence-corrected chi connectivity index (χ4v) is 1.97. The molecule has 0 radical (unpaired) electrons. The van der Waals surface area contributed by atoms with Crippen LogP contribution in [-0.4, -0.2) is 29.2 Å². The number of amides is 1. The monoisotopic (exact) mass is 396 g/mol. The van der Waals surface area contributed by atoms with Crippen LogP contribution in [0.4, 0.5) is 18.9 Å². The van der Waals surface area contributed by atoms with Gasteiger partial charge in [-0.3, -0.25) is 15.1 Å². The minimum absolute atomic E-state index is 0.0288. The van der Waals surface area contributed by atoms with Gasteiger partial charge >= 0.3 is 6.18 Å². The number of pyridine rings is 1. The summed E-state index contributed by atoms with van der Waals surface area (Å²) < 4.78 is 39.9. The molecule has 0 saturated carbocycles. The van der Waals surface area contributed by atoms with Gasteiger partial charge in [0.1, 0.15) is 0 Å². The van der Waals surface area contributed by atoms with Crippen molar-refractivity contribution >= 4 is 29.2 Å². The van der Waals surface area contributed by atoms with E-state index in [1.165, 1.54) is 55.0 Å². The number of hydrogen-bond donors (Lipinski definition) is 3. The number of alkyl halides is 3. The molecule has 0 aliphatic rings. The number of carbonyl (C=O) groups excluding carboxylic acids is 1. The third-order valence-electron chi connectivity index (χ3n) is 3.04. The zero-order valence-corrected chi connectivity index (χ0v) is 14.2. The van der Waals surface area contributed by atoms with Gasteiger partial charge in [0.15, 0.2) is 6.19 Å².